The van der Waals surface area contributed by atoms with Gasteiger partial charge in [-0.2, -0.15) is 5.10 Å². The zero-order valence-electron chi connectivity index (χ0n) is 12.8. The second-order valence-electron chi connectivity index (χ2n) is 5.41. The van der Waals surface area contributed by atoms with Crippen molar-refractivity contribution in [3.63, 3.8) is 0 Å². The molecule has 20 heavy (non-hydrogen) atoms. The quantitative estimate of drug-likeness (QED) is 0.771. The van der Waals surface area contributed by atoms with E-state index < -0.39 is 0 Å². The van der Waals surface area contributed by atoms with Crippen molar-refractivity contribution in [3.05, 3.63) is 17.5 Å². The van der Waals surface area contributed by atoms with E-state index in [0.29, 0.717) is 6.61 Å². The summed E-state index contributed by atoms with van der Waals surface area (Å²) in [5, 5.41) is 4.48. The van der Waals surface area contributed by atoms with Crippen LogP contribution in [0.3, 0.4) is 0 Å². The molecule has 1 saturated heterocycles. The third kappa shape index (κ3) is 3.60. The molecule has 5 nitrogen and oxygen atoms in total. The molecule has 2 rings (SSSR count). The Kier molecular flexibility index (Phi) is 5.17. The molecule has 0 aliphatic carbocycles. The smallest absolute Gasteiger partial charge is 0.309 e. The van der Waals surface area contributed by atoms with Crippen LogP contribution in [-0.4, -0.2) is 40.3 Å². The number of aryl methyl sites for hydroxylation is 2. The van der Waals surface area contributed by atoms with Gasteiger partial charge < -0.3 is 4.74 Å². The lowest BCUT2D eigenvalue weighted by molar-refractivity contribution is -0.149. The number of hydrogen-bond donors (Lipinski definition) is 0. The van der Waals surface area contributed by atoms with Crippen molar-refractivity contribution in [2.24, 2.45) is 13.0 Å². The maximum absolute atomic E-state index is 11.7. The molecule has 5 heteroatoms. The number of ether oxygens (including phenoxy) is 1. The van der Waals surface area contributed by atoms with Crippen molar-refractivity contribution in [2.45, 2.75) is 39.7 Å². The first-order chi connectivity index (χ1) is 9.63. The van der Waals surface area contributed by atoms with E-state index in [4.69, 9.17) is 4.74 Å². The predicted molar refractivity (Wildman–Crippen MR) is 77.2 cm³/mol. The average Bonchev–Trinajstić information content (AvgIpc) is 2.80. The Hall–Kier alpha value is -1.36. The number of rotatable bonds is 5. The number of nitrogens with zero attached hydrogens (tertiary/aromatic N) is 3. The minimum atomic E-state index is -0.0269. The number of likely N-dealkylation sites (tertiary alicyclic amines) is 1. The molecular weight excluding hydrogens is 254 g/mol. The largest absolute Gasteiger partial charge is 0.466 e. The second-order valence-corrected chi connectivity index (χ2v) is 5.41. The number of esters is 1. The van der Waals surface area contributed by atoms with Crippen LogP contribution in [0.5, 0.6) is 0 Å². The third-order valence-electron chi connectivity index (χ3n) is 3.98. The topological polar surface area (TPSA) is 47.4 Å². The molecule has 0 atom stereocenters. The number of carbonyl (C=O) groups excluding carboxylic acids is 1. The highest BCUT2D eigenvalue weighted by atomic mass is 16.5. The number of carbonyl (C=O) groups is 1. The Morgan fingerprint density at radius 1 is 1.40 bits per heavy atom. The first kappa shape index (κ1) is 15.0. The normalized spacial score (nSPS) is 17.4. The van der Waals surface area contributed by atoms with Gasteiger partial charge in [-0.3, -0.25) is 14.4 Å². The Bertz CT molecular complexity index is 448. The van der Waals surface area contributed by atoms with Crippen molar-refractivity contribution in [3.8, 4) is 0 Å². The minimum Gasteiger partial charge on any atom is -0.466 e. The predicted octanol–water partition coefficient (Wildman–Crippen LogP) is 1.76. The first-order valence-electron chi connectivity index (χ1n) is 7.54. The van der Waals surface area contributed by atoms with Gasteiger partial charge in [0.2, 0.25) is 0 Å². The van der Waals surface area contributed by atoms with Crippen LogP contribution in [0.4, 0.5) is 0 Å². The van der Waals surface area contributed by atoms with Gasteiger partial charge >= 0.3 is 5.97 Å². The standard InChI is InChI=1S/C15H25N3O2/c1-4-13-10-14(17(3)16-13)11-18-8-6-12(7-9-18)15(19)20-5-2/h10,12H,4-9,11H2,1-3H3. The summed E-state index contributed by atoms with van der Waals surface area (Å²) in [6.07, 6.45) is 2.77. The summed E-state index contributed by atoms with van der Waals surface area (Å²) in [6, 6.07) is 2.18. The van der Waals surface area contributed by atoms with Gasteiger partial charge in [0, 0.05) is 13.6 Å². The fourth-order valence-corrected chi connectivity index (χ4v) is 2.71. The van der Waals surface area contributed by atoms with Crippen LogP contribution < -0.4 is 0 Å². The molecule has 0 bridgehead atoms. The zero-order valence-corrected chi connectivity index (χ0v) is 12.8. The van der Waals surface area contributed by atoms with Gasteiger partial charge in [-0.05, 0) is 45.3 Å². The summed E-state index contributed by atoms with van der Waals surface area (Å²) in [7, 11) is 2.00. The van der Waals surface area contributed by atoms with E-state index in [1.165, 1.54) is 5.69 Å². The van der Waals surface area contributed by atoms with Gasteiger partial charge in [-0.25, -0.2) is 0 Å². The Morgan fingerprint density at radius 3 is 2.65 bits per heavy atom. The lowest BCUT2D eigenvalue weighted by atomic mass is 9.97. The molecule has 0 unspecified atom stereocenters. The Balaban J connectivity index is 1.85. The second kappa shape index (κ2) is 6.88. The molecule has 0 N–H and O–H groups in total. The molecule has 1 aliphatic heterocycles. The van der Waals surface area contributed by atoms with Crippen LogP contribution in [-0.2, 0) is 29.5 Å². The number of piperidine rings is 1. The molecule has 112 valence electrons. The van der Waals surface area contributed by atoms with Crippen molar-refractivity contribution >= 4 is 5.97 Å². The molecule has 1 fully saturated rings. The van der Waals surface area contributed by atoms with E-state index in [1.54, 1.807) is 0 Å². The van der Waals surface area contributed by atoms with Crippen molar-refractivity contribution < 1.29 is 9.53 Å². The summed E-state index contributed by atoms with van der Waals surface area (Å²) in [6.45, 7) is 7.29. The van der Waals surface area contributed by atoms with E-state index in [-0.39, 0.29) is 11.9 Å². The number of aromatic nitrogens is 2. The summed E-state index contributed by atoms with van der Waals surface area (Å²) in [5.74, 6) is 0.0601. The zero-order chi connectivity index (χ0) is 14.5. The van der Waals surface area contributed by atoms with Gasteiger partial charge in [0.25, 0.3) is 0 Å². The molecule has 1 aliphatic rings. The van der Waals surface area contributed by atoms with E-state index in [0.717, 1.165) is 44.6 Å². The highest BCUT2D eigenvalue weighted by Gasteiger charge is 2.26. The van der Waals surface area contributed by atoms with E-state index in [2.05, 4.69) is 23.0 Å². The molecule has 1 aromatic heterocycles. The van der Waals surface area contributed by atoms with Gasteiger partial charge in [0.05, 0.1) is 23.9 Å². The lowest BCUT2D eigenvalue weighted by Gasteiger charge is -2.30. The van der Waals surface area contributed by atoms with Crippen LogP contribution in [0.15, 0.2) is 6.07 Å². The fraction of sp³-hybridized carbons (Fsp3) is 0.733. The van der Waals surface area contributed by atoms with Crippen molar-refractivity contribution in [1.82, 2.24) is 14.7 Å². The van der Waals surface area contributed by atoms with Crippen LogP contribution in [0.2, 0.25) is 0 Å². The molecule has 0 spiro atoms. The first-order valence-corrected chi connectivity index (χ1v) is 7.54. The SMILES string of the molecule is CCOC(=O)C1CCN(Cc2cc(CC)nn2C)CC1. The summed E-state index contributed by atoms with van der Waals surface area (Å²) >= 11 is 0. The van der Waals surface area contributed by atoms with Crippen LogP contribution in [0.1, 0.15) is 38.1 Å². The average molecular weight is 279 g/mol. The third-order valence-corrected chi connectivity index (χ3v) is 3.98. The van der Waals surface area contributed by atoms with Crippen LogP contribution in [0.25, 0.3) is 0 Å². The Labute approximate surface area is 120 Å². The maximum atomic E-state index is 11.7. The monoisotopic (exact) mass is 279 g/mol. The molecule has 0 radical (unpaired) electrons. The summed E-state index contributed by atoms with van der Waals surface area (Å²) < 4.78 is 7.07. The van der Waals surface area contributed by atoms with E-state index in [1.807, 2.05) is 18.7 Å². The van der Waals surface area contributed by atoms with E-state index in [9.17, 15) is 4.79 Å². The molecular formula is C15H25N3O2. The Morgan fingerprint density at radius 2 is 2.10 bits per heavy atom. The molecule has 2 heterocycles. The minimum absolute atomic E-state index is 0.0269. The maximum Gasteiger partial charge on any atom is 0.309 e. The fourth-order valence-electron chi connectivity index (χ4n) is 2.71. The highest BCUT2D eigenvalue weighted by molar-refractivity contribution is 5.72. The molecule has 1 aromatic rings. The van der Waals surface area contributed by atoms with Crippen molar-refractivity contribution in [1.29, 1.82) is 0 Å². The van der Waals surface area contributed by atoms with E-state index >= 15 is 0 Å². The molecule has 0 saturated carbocycles. The number of hydrogen-bond acceptors (Lipinski definition) is 4. The van der Waals surface area contributed by atoms with Crippen LogP contribution >= 0.6 is 0 Å². The lowest BCUT2D eigenvalue weighted by Crippen LogP contribution is -2.36. The summed E-state index contributed by atoms with van der Waals surface area (Å²) in [4.78, 5) is 14.1. The van der Waals surface area contributed by atoms with Gasteiger partial charge in [0.15, 0.2) is 0 Å². The van der Waals surface area contributed by atoms with Crippen LogP contribution in [0, 0.1) is 5.92 Å². The highest BCUT2D eigenvalue weighted by Crippen LogP contribution is 2.20. The summed E-state index contributed by atoms with van der Waals surface area (Å²) in [5.41, 5.74) is 2.39. The van der Waals surface area contributed by atoms with Gasteiger partial charge in [-0.15, -0.1) is 0 Å². The molecule has 0 amide bonds. The van der Waals surface area contributed by atoms with Gasteiger partial charge in [0.1, 0.15) is 0 Å². The molecule has 0 aromatic carbocycles. The van der Waals surface area contributed by atoms with Gasteiger partial charge in [-0.1, -0.05) is 6.92 Å². The van der Waals surface area contributed by atoms with Crippen molar-refractivity contribution in [2.75, 3.05) is 19.7 Å².